The lowest BCUT2D eigenvalue weighted by atomic mass is 9.95. The van der Waals surface area contributed by atoms with E-state index >= 15 is 0 Å². The maximum atomic E-state index is 13.9. The Hall–Kier alpha value is -3.43. The molecular formula is C33H40ClN5O3. The van der Waals surface area contributed by atoms with Gasteiger partial charge in [0.15, 0.2) is 0 Å². The molecule has 0 spiro atoms. The van der Waals surface area contributed by atoms with E-state index in [1.54, 1.807) is 0 Å². The molecule has 2 atom stereocenters. The summed E-state index contributed by atoms with van der Waals surface area (Å²) >= 11 is 6.11. The van der Waals surface area contributed by atoms with Crippen LogP contribution in [0.5, 0.6) is 0 Å². The van der Waals surface area contributed by atoms with Gasteiger partial charge in [-0.2, -0.15) is 0 Å². The first-order valence-corrected chi connectivity index (χ1v) is 15.0. The summed E-state index contributed by atoms with van der Waals surface area (Å²) < 4.78 is 0. The predicted molar refractivity (Wildman–Crippen MR) is 167 cm³/mol. The monoisotopic (exact) mass is 589 g/mol. The fourth-order valence-electron chi connectivity index (χ4n) is 5.85. The fourth-order valence-corrected chi connectivity index (χ4v) is 5.98. The molecule has 3 aromatic carbocycles. The van der Waals surface area contributed by atoms with E-state index in [9.17, 15) is 14.7 Å². The molecule has 0 saturated carbocycles. The van der Waals surface area contributed by atoms with E-state index in [0.29, 0.717) is 57.1 Å². The Labute approximate surface area is 253 Å². The Morgan fingerprint density at radius 3 is 2.43 bits per heavy atom. The van der Waals surface area contributed by atoms with Crippen LogP contribution in [-0.4, -0.2) is 85.2 Å². The first kappa shape index (κ1) is 30.0. The lowest BCUT2D eigenvalue weighted by Crippen LogP contribution is -2.58. The third kappa shape index (κ3) is 7.50. The van der Waals surface area contributed by atoms with Crippen molar-refractivity contribution < 1.29 is 14.7 Å². The summed E-state index contributed by atoms with van der Waals surface area (Å²) in [7, 11) is 2.00. The molecule has 0 aliphatic carbocycles. The van der Waals surface area contributed by atoms with Crippen LogP contribution in [0.15, 0.2) is 72.8 Å². The molecular weight excluding hydrogens is 550 g/mol. The first-order valence-electron chi connectivity index (χ1n) is 14.7. The van der Waals surface area contributed by atoms with Crippen molar-refractivity contribution in [2.75, 3.05) is 51.3 Å². The molecule has 5 rings (SSSR count). The van der Waals surface area contributed by atoms with Gasteiger partial charge >= 0.3 is 0 Å². The number of rotatable bonds is 10. The van der Waals surface area contributed by atoms with Crippen LogP contribution in [0.2, 0.25) is 5.02 Å². The van der Waals surface area contributed by atoms with E-state index in [0.717, 1.165) is 23.4 Å². The van der Waals surface area contributed by atoms with Gasteiger partial charge in [-0.3, -0.25) is 14.5 Å². The number of benzene rings is 3. The molecule has 1 saturated heterocycles. The molecule has 0 unspecified atom stereocenters. The van der Waals surface area contributed by atoms with Gasteiger partial charge < -0.3 is 25.5 Å². The van der Waals surface area contributed by atoms with Gasteiger partial charge in [-0.1, -0.05) is 66.2 Å². The van der Waals surface area contributed by atoms with Crippen molar-refractivity contribution in [2.24, 2.45) is 0 Å². The molecule has 222 valence electrons. The van der Waals surface area contributed by atoms with Gasteiger partial charge in [-0.25, -0.2) is 0 Å². The highest BCUT2D eigenvalue weighted by molar-refractivity contribution is 6.30. The molecule has 2 aliphatic rings. The van der Waals surface area contributed by atoms with Crippen LogP contribution in [0.4, 0.5) is 5.69 Å². The Balaban J connectivity index is 1.26. The number of anilines is 1. The van der Waals surface area contributed by atoms with Crippen LogP contribution in [0, 0.1) is 0 Å². The summed E-state index contributed by atoms with van der Waals surface area (Å²) in [5, 5.41) is 16.4. The lowest BCUT2D eigenvalue weighted by molar-refractivity contribution is -0.137. The van der Waals surface area contributed by atoms with Crippen molar-refractivity contribution in [2.45, 2.75) is 38.0 Å². The maximum absolute atomic E-state index is 13.9. The number of hydrogen-bond acceptors (Lipinski definition) is 6. The molecule has 0 bridgehead atoms. The first-order chi connectivity index (χ1) is 20.4. The number of carbonyl (C=O) groups is 2. The molecule has 2 amide bonds. The number of hydrogen-bond donors (Lipinski definition) is 3. The van der Waals surface area contributed by atoms with Gasteiger partial charge in [-0.05, 0) is 53.9 Å². The molecule has 2 aliphatic heterocycles. The second kappa shape index (κ2) is 14.2. The predicted octanol–water partition coefficient (Wildman–Crippen LogP) is 2.85. The summed E-state index contributed by atoms with van der Waals surface area (Å²) in [6.45, 7) is 4.65. The minimum absolute atomic E-state index is 0.0647. The van der Waals surface area contributed by atoms with Crippen molar-refractivity contribution >= 4 is 29.1 Å². The number of amides is 2. The van der Waals surface area contributed by atoms with Crippen molar-refractivity contribution in [3.8, 4) is 0 Å². The molecule has 8 nitrogen and oxygen atoms in total. The van der Waals surface area contributed by atoms with Crippen LogP contribution in [0.3, 0.4) is 0 Å². The number of nitrogens with zero attached hydrogens (tertiary/aromatic N) is 3. The lowest BCUT2D eigenvalue weighted by Gasteiger charge is -2.39. The van der Waals surface area contributed by atoms with Crippen LogP contribution < -0.4 is 15.5 Å². The quantitative estimate of drug-likeness (QED) is 0.337. The van der Waals surface area contributed by atoms with Gasteiger partial charge in [-0.15, -0.1) is 0 Å². The fraction of sp³-hybridized carbons (Fsp3) is 0.394. The minimum Gasteiger partial charge on any atom is -0.395 e. The molecule has 0 radical (unpaired) electrons. The van der Waals surface area contributed by atoms with Crippen molar-refractivity contribution in [1.82, 2.24) is 20.4 Å². The highest BCUT2D eigenvalue weighted by atomic mass is 35.5. The van der Waals surface area contributed by atoms with Crippen molar-refractivity contribution in [3.05, 3.63) is 100 Å². The van der Waals surface area contributed by atoms with E-state index in [1.807, 2.05) is 60.5 Å². The molecule has 2 heterocycles. The Bertz CT molecular complexity index is 1360. The van der Waals surface area contributed by atoms with E-state index in [1.165, 1.54) is 11.1 Å². The summed E-state index contributed by atoms with van der Waals surface area (Å²) in [6.07, 6.45) is 0.987. The number of halogens is 1. The molecule has 3 aromatic rings. The van der Waals surface area contributed by atoms with Crippen LogP contribution >= 0.6 is 11.6 Å². The van der Waals surface area contributed by atoms with Crippen molar-refractivity contribution in [1.29, 1.82) is 0 Å². The zero-order chi connectivity index (χ0) is 29.5. The van der Waals surface area contributed by atoms with E-state index in [-0.39, 0.29) is 18.4 Å². The third-order valence-corrected chi connectivity index (χ3v) is 8.46. The Kier molecular flexibility index (Phi) is 10.1. The van der Waals surface area contributed by atoms with E-state index < -0.39 is 12.1 Å². The minimum atomic E-state index is -0.677. The third-order valence-electron chi connectivity index (χ3n) is 8.21. The number of likely N-dealkylation sites (N-methyl/N-ethyl adjacent to an activating group) is 1. The average Bonchev–Trinajstić information content (AvgIpc) is 3.01. The molecule has 42 heavy (non-hydrogen) atoms. The number of fused-ring (bicyclic) bond motifs is 1. The molecule has 0 aromatic heterocycles. The molecule has 3 N–H and O–H groups in total. The number of para-hydroxylation sites is 1. The van der Waals surface area contributed by atoms with E-state index in [2.05, 4.69) is 44.7 Å². The molecule has 9 heteroatoms. The zero-order valence-corrected chi connectivity index (χ0v) is 24.9. The smallest absolute Gasteiger partial charge is 0.245 e. The SMILES string of the molecule is CN(CCO)Cc1ccccc1N1CCN(C(=O)[C@@H](Cc2ccc(Cl)cc2)NC(=O)[C@H]2Cc3ccccc3CN2)CC1. The average molecular weight is 590 g/mol. The second-order valence-electron chi connectivity index (χ2n) is 11.2. The Morgan fingerprint density at radius 1 is 1.00 bits per heavy atom. The van der Waals surface area contributed by atoms with Crippen LogP contribution in [-0.2, 0) is 35.5 Å². The number of aliphatic hydroxyl groups is 1. The number of piperazine rings is 1. The van der Waals surface area contributed by atoms with Gasteiger partial charge in [0.2, 0.25) is 11.8 Å². The normalized spacial score (nSPS) is 17.6. The largest absolute Gasteiger partial charge is 0.395 e. The topological polar surface area (TPSA) is 88.2 Å². The van der Waals surface area contributed by atoms with Crippen LogP contribution in [0.25, 0.3) is 0 Å². The van der Waals surface area contributed by atoms with Gasteiger partial charge in [0.1, 0.15) is 6.04 Å². The van der Waals surface area contributed by atoms with E-state index in [4.69, 9.17) is 11.6 Å². The molecule has 1 fully saturated rings. The standard InChI is InChI=1S/C33H40ClN5O3/c1-37(18-19-40)23-27-8-4-5-9-31(27)38-14-16-39(17-15-38)33(42)30(20-24-10-12-28(34)13-11-24)36-32(41)29-21-25-6-2-3-7-26(25)22-35-29/h2-13,29-30,35,40H,14-23H2,1H3,(H,36,41)/t29-,30-/m1/s1. The Morgan fingerprint density at radius 2 is 1.69 bits per heavy atom. The summed E-state index contributed by atoms with van der Waals surface area (Å²) in [5.74, 6) is -0.221. The summed E-state index contributed by atoms with van der Waals surface area (Å²) in [5.41, 5.74) is 5.66. The maximum Gasteiger partial charge on any atom is 0.245 e. The van der Waals surface area contributed by atoms with Gasteiger partial charge in [0.05, 0.1) is 12.6 Å². The number of nitrogens with one attached hydrogen (secondary N) is 2. The highest BCUT2D eigenvalue weighted by Crippen LogP contribution is 2.24. The number of aliphatic hydroxyl groups excluding tert-OH is 1. The highest BCUT2D eigenvalue weighted by Gasteiger charge is 2.32. The summed E-state index contributed by atoms with van der Waals surface area (Å²) in [4.78, 5) is 33.7. The number of carbonyl (C=O) groups excluding carboxylic acids is 2. The van der Waals surface area contributed by atoms with Gasteiger partial charge in [0.25, 0.3) is 0 Å². The van der Waals surface area contributed by atoms with Gasteiger partial charge in [0, 0.05) is 62.9 Å². The zero-order valence-electron chi connectivity index (χ0n) is 24.1. The van der Waals surface area contributed by atoms with Crippen LogP contribution in [0.1, 0.15) is 22.3 Å². The summed E-state index contributed by atoms with van der Waals surface area (Å²) in [6, 6.07) is 22.8. The van der Waals surface area contributed by atoms with Crippen molar-refractivity contribution in [3.63, 3.8) is 0 Å². The second-order valence-corrected chi connectivity index (χ2v) is 11.6.